The van der Waals surface area contributed by atoms with Crippen molar-refractivity contribution in [3.8, 4) is 0 Å². The molecule has 0 aliphatic carbocycles. The van der Waals surface area contributed by atoms with Gasteiger partial charge in [0.15, 0.2) is 5.78 Å². The Balaban J connectivity index is 2.83. The summed E-state index contributed by atoms with van der Waals surface area (Å²) in [5.74, 6) is 0.00231. The third-order valence-electron chi connectivity index (χ3n) is 1.67. The fraction of sp³-hybridized carbons (Fsp3) is 0.222. The van der Waals surface area contributed by atoms with Gasteiger partial charge in [-0.25, -0.2) is 0 Å². The second-order valence-corrected chi connectivity index (χ2v) is 3.52. The largest absolute Gasteiger partial charge is 0.398 e. The van der Waals surface area contributed by atoms with Gasteiger partial charge in [-0.2, -0.15) is 0 Å². The zero-order valence-electron chi connectivity index (χ0n) is 6.96. The number of carbonyl (C=O) groups excluding carboxylic acids is 1. The fourth-order valence-electron chi connectivity index (χ4n) is 1.00. The van der Waals surface area contributed by atoms with Crippen LogP contribution in [-0.2, 0) is 11.2 Å². The molecule has 0 fully saturated rings. The number of benzene rings is 1. The van der Waals surface area contributed by atoms with Crippen molar-refractivity contribution in [2.45, 2.75) is 11.3 Å². The van der Waals surface area contributed by atoms with Crippen molar-refractivity contribution in [3.63, 3.8) is 0 Å². The first kappa shape index (κ1) is 10.4. The molecule has 1 aromatic rings. The van der Waals surface area contributed by atoms with Crippen LogP contribution in [0.1, 0.15) is 5.56 Å². The summed E-state index contributed by atoms with van der Waals surface area (Å²) in [5.41, 5.74) is 7.08. The smallest absolute Gasteiger partial charge is 0.152 e. The molecule has 4 heteroatoms. The number of anilines is 1. The average molecular weight is 216 g/mol. The normalized spacial score (nSPS) is 10.0. The molecular formula is C9H10ClNOS. The molecular weight excluding hydrogens is 206 g/mol. The topological polar surface area (TPSA) is 43.1 Å². The van der Waals surface area contributed by atoms with Crippen molar-refractivity contribution in [2.24, 2.45) is 0 Å². The van der Waals surface area contributed by atoms with Gasteiger partial charge in [-0.1, -0.05) is 6.07 Å². The Morgan fingerprint density at radius 3 is 2.77 bits per heavy atom. The van der Waals surface area contributed by atoms with Gasteiger partial charge in [-0.3, -0.25) is 4.79 Å². The highest BCUT2D eigenvalue weighted by atomic mass is 35.5. The second kappa shape index (κ2) is 4.53. The van der Waals surface area contributed by atoms with E-state index in [4.69, 9.17) is 17.3 Å². The van der Waals surface area contributed by atoms with Crippen molar-refractivity contribution < 1.29 is 4.79 Å². The van der Waals surface area contributed by atoms with Crippen molar-refractivity contribution >= 4 is 35.7 Å². The summed E-state index contributed by atoms with van der Waals surface area (Å²) in [6.07, 6.45) is 0.295. The monoisotopic (exact) mass is 215 g/mol. The minimum absolute atomic E-state index is 0.0275. The van der Waals surface area contributed by atoms with Crippen LogP contribution < -0.4 is 5.73 Å². The van der Waals surface area contributed by atoms with Gasteiger partial charge in [0, 0.05) is 17.0 Å². The van der Waals surface area contributed by atoms with Crippen LogP contribution in [0.15, 0.2) is 23.1 Å². The number of ketones is 1. The number of halogens is 1. The Kier molecular flexibility index (Phi) is 3.63. The first-order chi connectivity index (χ1) is 6.13. The maximum absolute atomic E-state index is 11.0. The lowest BCUT2D eigenvalue weighted by Crippen LogP contribution is -2.06. The van der Waals surface area contributed by atoms with E-state index in [1.165, 1.54) is 0 Å². The third-order valence-corrected chi connectivity index (χ3v) is 2.24. The number of thiol groups is 1. The van der Waals surface area contributed by atoms with E-state index in [0.717, 1.165) is 10.5 Å². The SMILES string of the molecule is Nc1cc(S)ccc1CC(=O)CCl. The lowest BCUT2D eigenvalue weighted by molar-refractivity contribution is -0.116. The third kappa shape index (κ3) is 2.94. The number of rotatable bonds is 3. The molecule has 0 radical (unpaired) electrons. The molecule has 0 bridgehead atoms. The molecule has 0 spiro atoms. The van der Waals surface area contributed by atoms with Gasteiger partial charge >= 0.3 is 0 Å². The molecule has 1 rings (SSSR count). The molecule has 0 saturated carbocycles. The molecule has 0 unspecified atom stereocenters. The molecule has 13 heavy (non-hydrogen) atoms. The number of alkyl halides is 1. The van der Waals surface area contributed by atoms with E-state index in [-0.39, 0.29) is 11.7 Å². The Bertz CT molecular complexity index is 327. The lowest BCUT2D eigenvalue weighted by Gasteiger charge is -2.03. The van der Waals surface area contributed by atoms with Crippen LogP contribution in [0.2, 0.25) is 0 Å². The van der Waals surface area contributed by atoms with E-state index >= 15 is 0 Å². The van der Waals surface area contributed by atoms with Crippen molar-refractivity contribution in [1.82, 2.24) is 0 Å². The van der Waals surface area contributed by atoms with Crippen molar-refractivity contribution in [2.75, 3.05) is 11.6 Å². The van der Waals surface area contributed by atoms with Gasteiger partial charge < -0.3 is 5.73 Å². The van der Waals surface area contributed by atoms with Crippen LogP contribution in [0.3, 0.4) is 0 Å². The molecule has 2 nitrogen and oxygen atoms in total. The maximum Gasteiger partial charge on any atom is 0.152 e. The number of hydrogen-bond acceptors (Lipinski definition) is 3. The highest BCUT2D eigenvalue weighted by molar-refractivity contribution is 7.80. The Morgan fingerprint density at radius 1 is 1.54 bits per heavy atom. The van der Waals surface area contributed by atoms with Gasteiger partial charge in [0.25, 0.3) is 0 Å². The maximum atomic E-state index is 11.0. The Labute approximate surface area is 87.5 Å². The summed E-state index contributed by atoms with van der Waals surface area (Å²) in [5, 5.41) is 0. The van der Waals surface area contributed by atoms with Gasteiger partial charge in [0.2, 0.25) is 0 Å². The summed E-state index contributed by atoms with van der Waals surface area (Å²) in [6.45, 7) is 0. The summed E-state index contributed by atoms with van der Waals surface area (Å²) < 4.78 is 0. The van der Waals surface area contributed by atoms with E-state index < -0.39 is 0 Å². The summed E-state index contributed by atoms with van der Waals surface area (Å²) in [6, 6.07) is 5.32. The molecule has 0 amide bonds. The molecule has 0 aromatic heterocycles. The van der Waals surface area contributed by atoms with Crippen LogP contribution in [0.5, 0.6) is 0 Å². The molecule has 0 aliphatic rings. The van der Waals surface area contributed by atoms with E-state index in [9.17, 15) is 4.79 Å². The predicted molar refractivity (Wildman–Crippen MR) is 57.5 cm³/mol. The van der Waals surface area contributed by atoms with Crippen LogP contribution in [-0.4, -0.2) is 11.7 Å². The quantitative estimate of drug-likeness (QED) is 0.460. The summed E-state index contributed by atoms with van der Waals surface area (Å²) in [4.78, 5) is 11.8. The molecule has 0 atom stereocenters. The number of carbonyl (C=O) groups is 1. The van der Waals surface area contributed by atoms with Crippen molar-refractivity contribution in [3.05, 3.63) is 23.8 Å². The fourth-order valence-corrected chi connectivity index (χ4v) is 1.31. The zero-order valence-corrected chi connectivity index (χ0v) is 8.61. The Morgan fingerprint density at radius 2 is 2.23 bits per heavy atom. The van der Waals surface area contributed by atoms with Gasteiger partial charge in [0.1, 0.15) is 0 Å². The number of Topliss-reactive ketones (excluding diaryl/α,β-unsaturated/α-hetero) is 1. The first-order valence-electron chi connectivity index (χ1n) is 3.78. The van der Waals surface area contributed by atoms with Crippen LogP contribution >= 0.6 is 24.2 Å². The highest BCUT2D eigenvalue weighted by Crippen LogP contribution is 2.17. The predicted octanol–water partition coefficient (Wildman–Crippen LogP) is 1.91. The number of hydrogen-bond donors (Lipinski definition) is 2. The summed E-state index contributed by atoms with van der Waals surface area (Å²) >= 11 is 9.50. The standard InChI is InChI=1S/C9H10ClNOS/c10-5-7(12)3-6-1-2-8(13)4-9(6)11/h1-2,4,13H,3,5,11H2. The van der Waals surface area contributed by atoms with E-state index in [0.29, 0.717) is 12.1 Å². The van der Waals surface area contributed by atoms with Gasteiger partial charge in [0.05, 0.1) is 5.88 Å². The van der Waals surface area contributed by atoms with Gasteiger partial charge in [-0.15, -0.1) is 24.2 Å². The molecule has 70 valence electrons. The highest BCUT2D eigenvalue weighted by Gasteiger charge is 2.05. The van der Waals surface area contributed by atoms with Crippen molar-refractivity contribution in [1.29, 1.82) is 0 Å². The van der Waals surface area contributed by atoms with Gasteiger partial charge in [-0.05, 0) is 17.7 Å². The molecule has 0 saturated heterocycles. The minimum Gasteiger partial charge on any atom is -0.398 e. The van der Waals surface area contributed by atoms with Crippen LogP contribution in [0, 0.1) is 0 Å². The zero-order chi connectivity index (χ0) is 9.84. The number of nitrogen functional groups attached to an aromatic ring is 1. The summed E-state index contributed by atoms with van der Waals surface area (Å²) in [7, 11) is 0. The van der Waals surface area contributed by atoms with Crippen LogP contribution in [0.4, 0.5) is 5.69 Å². The van der Waals surface area contributed by atoms with E-state index in [2.05, 4.69) is 12.6 Å². The molecule has 1 aromatic carbocycles. The Hall–Kier alpha value is -0.670. The van der Waals surface area contributed by atoms with E-state index in [1.54, 1.807) is 18.2 Å². The number of nitrogens with two attached hydrogens (primary N) is 1. The average Bonchev–Trinajstić information content (AvgIpc) is 2.09. The van der Waals surface area contributed by atoms with Crippen LogP contribution in [0.25, 0.3) is 0 Å². The molecule has 0 heterocycles. The van der Waals surface area contributed by atoms with E-state index in [1.807, 2.05) is 0 Å². The minimum atomic E-state index is -0.0275. The lowest BCUT2D eigenvalue weighted by atomic mass is 10.1. The molecule has 0 aliphatic heterocycles. The second-order valence-electron chi connectivity index (χ2n) is 2.73. The first-order valence-corrected chi connectivity index (χ1v) is 4.76. The molecule has 2 N–H and O–H groups in total.